The second-order valence-corrected chi connectivity index (χ2v) is 18.6. The molecule has 3 rings (SSSR count). The molecular weight excluding hydrogens is 867 g/mol. The molecule has 3 aliphatic rings. The van der Waals surface area contributed by atoms with E-state index < -0.39 is 124 Å². The molecule has 19 heteroatoms. The highest BCUT2D eigenvalue weighted by molar-refractivity contribution is 5.76. The van der Waals surface area contributed by atoms with Gasteiger partial charge in [0.25, 0.3) is 0 Å². The fraction of sp³-hybridized carbons (Fsp3) is 0.979. The molecule has 66 heavy (non-hydrogen) atoms. The summed E-state index contributed by atoms with van der Waals surface area (Å²) in [4.78, 5) is 12.6. The largest absolute Gasteiger partial charge is 0.394 e. The van der Waals surface area contributed by atoms with Crippen LogP contribution in [0.25, 0.3) is 0 Å². The Hall–Kier alpha value is -1.21. The maximum absolute atomic E-state index is 12.6. The third-order valence-corrected chi connectivity index (χ3v) is 13.2. The number of aliphatic hydroxyl groups is 11. The zero-order chi connectivity index (χ0) is 48.4. The third kappa shape index (κ3) is 19.5. The summed E-state index contributed by atoms with van der Waals surface area (Å²) in [7, 11) is 0. The molecule has 0 saturated carbocycles. The van der Waals surface area contributed by atoms with Crippen molar-refractivity contribution in [3.63, 3.8) is 0 Å². The number of ether oxygens (including phenoxy) is 6. The molecule has 17 unspecified atom stereocenters. The number of amides is 1. The molecule has 0 aliphatic carbocycles. The number of nitrogens with one attached hydrogen (secondary N) is 1. The Morgan fingerprint density at radius 1 is 0.485 bits per heavy atom. The zero-order valence-electron chi connectivity index (χ0n) is 39.7. The molecule has 0 aromatic rings. The van der Waals surface area contributed by atoms with Crippen LogP contribution in [0, 0.1) is 0 Å². The zero-order valence-corrected chi connectivity index (χ0v) is 39.7. The molecule has 19 nitrogen and oxygen atoms in total. The SMILES string of the molecule is CCCCCCCCCCCCCCCCCCCCCCC(O)C(COC1OC(CO)C(OC2OC(CO)C(OC3OC(CO)C(O)C(O)C3O)C(O)C2O)C(O)C1O)NC(=O)CCC. The number of hydrogen-bond donors (Lipinski definition) is 12. The Labute approximate surface area is 392 Å². The summed E-state index contributed by atoms with van der Waals surface area (Å²) in [6, 6.07) is -0.875. The van der Waals surface area contributed by atoms with E-state index in [2.05, 4.69) is 12.2 Å². The number of carbonyl (C=O) groups is 1. The summed E-state index contributed by atoms with van der Waals surface area (Å²) >= 11 is 0. The van der Waals surface area contributed by atoms with Crippen LogP contribution in [0.3, 0.4) is 0 Å². The second-order valence-electron chi connectivity index (χ2n) is 18.6. The van der Waals surface area contributed by atoms with Gasteiger partial charge in [0, 0.05) is 6.42 Å². The van der Waals surface area contributed by atoms with Gasteiger partial charge in [-0.2, -0.15) is 0 Å². The molecule has 17 atom stereocenters. The Kier molecular flexibility index (Phi) is 29.9. The molecule has 3 aliphatic heterocycles. The first-order chi connectivity index (χ1) is 31.8. The minimum absolute atomic E-state index is 0.219. The second kappa shape index (κ2) is 33.4. The highest BCUT2D eigenvalue weighted by Gasteiger charge is 2.53. The van der Waals surface area contributed by atoms with Gasteiger partial charge in [0.15, 0.2) is 18.9 Å². The van der Waals surface area contributed by atoms with E-state index in [0.29, 0.717) is 12.8 Å². The van der Waals surface area contributed by atoms with Crippen LogP contribution in [0.5, 0.6) is 0 Å². The van der Waals surface area contributed by atoms with Crippen molar-refractivity contribution in [3.05, 3.63) is 0 Å². The van der Waals surface area contributed by atoms with E-state index in [9.17, 15) is 61.0 Å². The fourth-order valence-corrected chi connectivity index (χ4v) is 8.94. The van der Waals surface area contributed by atoms with Crippen LogP contribution in [0.4, 0.5) is 0 Å². The fourth-order valence-electron chi connectivity index (χ4n) is 8.94. The van der Waals surface area contributed by atoms with Gasteiger partial charge in [-0.05, 0) is 12.8 Å². The van der Waals surface area contributed by atoms with Gasteiger partial charge in [-0.25, -0.2) is 0 Å². The quantitative estimate of drug-likeness (QED) is 0.0399. The number of rotatable bonds is 35. The van der Waals surface area contributed by atoms with Crippen LogP contribution in [0.15, 0.2) is 0 Å². The molecule has 3 heterocycles. The van der Waals surface area contributed by atoms with Crippen molar-refractivity contribution in [1.29, 1.82) is 0 Å². The average Bonchev–Trinajstić information content (AvgIpc) is 3.31. The lowest BCUT2D eigenvalue weighted by molar-refractivity contribution is -0.379. The van der Waals surface area contributed by atoms with E-state index in [4.69, 9.17) is 28.4 Å². The molecule has 1 amide bonds. The molecule has 0 bridgehead atoms. The summed E-state index contributed by atoms with van der Waals surface area (Å²) in [5.74, 6) is -0.296. The lowest BCUT2D eigenvalue weighted by atomic mass is 9.96. The first-order valence-corrected chi connectivity index (χ1v) is 25.3. The minimum Gasteiger partial charge on any atom is -0.394 e. The van der Waals surface area contributed by atoms with Crippen LogP contribution in [0.1, 0.15) is 162 Å². The first-order valence-electron chi connectivity index (χ1n) is 25.3. The normalized spacial score (nSPS) is 33.7. The van der Waals surface area contributed by atoms with Gasteiger partial charge in [-0.3, -0.25) is 4.79 Å². The standard InChI is InChI=1S/C47H89NO18/c1-3-5-6-7-8-9-10-11-12-13-14-15-16-17-18-19-20-21-22-23-25-31(52)30(48-35(53)24-4-2)29-61-45-41(59)38(56)43(33(27-50)63-45)66-47-42(60)39(57)44(34(28-51)64-47)65-46-40(58)37(55)36(54)32(26-49)62-46/h30-34,36-47,49-52,54-60H,3-29H2,1-2H3,(H,48,53). The van der Waals surface area contributed by atoms with Crippen molar-refractivity contribution in [2.24, 2.45) is 0 Å². The third-order valence-electron chi connectivity index (χ3n) is 13.2. The lowest BCUT2D eigenvalue weighted by Crippen LogP contribution is -2.66. The van der Waals surface area contributed by atoms with Gasteiger partial charge >= 0.3 is 0 Å². The van der Waals surface area contributed by atoms with E-state index >= 15 is 0 Å². The Balaban J connectivity index is 1.40. The summed E-state index contributed by atoms with van der Waals surface area (Å²) < 4.78 is 33.9. The van der Waals surface area contributed by atoms with Crippen LogP contribution < -0.4 is 5.32 Å². The minimum atomic E-state index is -1.96. The van der Waals surface area contributed by atoms with Gasteiger partial charge in [-0.1, -0.05) is 142 Å². The van der Waals surface area contributed by atoms with Crippen LogP contribution >= 0.6 is 0 Å². The highest BCUT2D eigenvalue weighted by atomic mass is 16.8. The van der Waals surface area contributed by atoms with Crippen molar-refractivity contribution in [2.75, 3.05) is 26.4 Å². The number of carbonyl (C=O) groups excluding carboxylic acids is 1. The van der Waals surface area contributed by atoms with E-state index in [-0.39, 0.29) is 18.9 Å². The summed E-state index contributed by atoms with van der Waals surface area (Å²) in [5, 5.41) is 119. The molecule has 0 radical (unpaired) electrons. The van der Waals surface area contributed by atoms with Gasteiger partial charge in [-0.15, -0.1) is 0 Å². The van der Waals surface area contributed by atoms with E-state index in [1.54, 1.807) is 0 Å². The van der Waals surface area contributed by atoms with Crippen molar-refractivity contribution < 1.29 is 89.4 Å². The number of hydrogen-bond acceptors (Lipinski definition) is 18. The molecule has 12 N–H and O–H groups in total. The van der Waals surface area contributed by atoms with Crippen molar-refractivity contribution in [1.82, 2.24) is 5.32 Å². The predicted octanol–water partition coefficient (Wildman–Crippen LogP) is 1.31. The monoisotopic (exact) mass is 956 g/mol. The van der Waals surface area contributed by atoms with E-state index in [1.807, 2.05) is 6.92 Å². The van der Waals surface area contributed by atoms with Gasteiger partial charge in [0.05, 0.1) is 38.6 Å². The molecule has 390 valence electrons. The topological polar surface area (TPSA) is 307 Å². The van der Waals surface area contributed by atoms with Crippen LogP contribution in [-0.2, 0) is 33.2 Å². The van der Waals surface area contributed by atoms with Crippen molar-refractivity contribution in [3.8, 4) is 0 Å². The van der Waals surface area contributed by atoms with Gasteiger partial charge in [0.2, 0.25) is 5.91 Å². The molecule has 3 saturated heterocycles. The van der Waals surface area contributed by atoms with E-state index in [1.165, 1.54) is 103 Å². The number of unbranched alkanes of at least 4 members (excludes halogenated alkanes) is 19. The van der Waals surface area contributed by atoms with Gasteiger partial charge < -0.3 is 89.9 Å². The maximum Gasteiger partial charge on any atom is 0.220 e. The summed E-state index contributed by atoms with van der Waals surface area (Å²) in [6.45, 7) is 1.40. The molecule has 0 aromatic heterocycles. The molecular formula is C47H89NO18. The van der Waals surface area contributed by atoms with E-state index in [0.717, 1.165) is 25.7 Å². The lowest BCUT2D eigenvalue weighted by Gasteiger charge is -2.48. The molecule has 0 spiro atoms. The smallest absolute Gasteiger partial charge is 0.220 e. The Bertz CT molecular complexity index is 1240. The molecule has 3 fully saturated rings. The van der Waals surface area contributed by atoms with Crippen LogP contribution in [0.2, 0.25) is 0 Å². The van der Waals surface area contributed by atoms with Gasteiger partial charge in [0.1, 0.15) is 73.2 Å². The summed E-state index contributed by atoms with van der Waals surface area (Å²) in [6.07, 6.45) is -0.0889. The summed E-state index contributed by atoms with van der Waals surface area (Å²) in [5.41, 5.74) is 0. The van der Waals surface area contributed by atoms with Crippen molar-refractivity contribution in [2.45, 2.75) is 266 Å². The van der Waals surface area contributed by atoms with Crippen molar-refractivity contribution >= 4 is 5.91 Å². The predicted molar refractivity (Wildman–Crippen MR) is 240 cm³/mol. The maximum atomic E-state index is 12.6. The Morgan fingerprint density at radius 2 is 0.864 bits per heavy atom. The highest BCUT2D eigenvalue weighted by Crippen LogP contribution is 2.33. The average molecular weight is 956 g/mol. The molecule has 0 aromatic carbocycles. The number of aliphatic hydroxyl groups excluding tert-OH is 11. The van der Waals surface area contributed by atoms with Crippen LogP contribution in [-0.4, -0.2) is 193 Å². The first kappa shape index (κ1) is 59.1. The Morgan fingerprint density at radius 3 is 1.29 bits per heavy atom.